The Labute approximate surface area is 114 Å². The van der Waals surface area contributed by atoms with E-state index in [1.165, 1.54) is 0 Å². The number of benzene rings is 1. The number of ether oxygens (including phenoxy) is 1. The normalized spacial score (nSPS) is 11.2. The molecule has 106 valence electrons. The van der Waals surface area contributed by atoms with Gasteiger partial charge in [-0.05, 0) is 24.6 Å². The lowest BCUT2D eigenvalue weighted by atomic mass is 9.95. The first-order chi connectivity index (χ1) is 8.96. The Morgan fingerprint density at radius 3 is 2.47 bits per heavy atom. The van der Waals surface area contributed by atoms with Crippen LogP contribution in [0.1, 0.15) is 26.3 Å². The van der Waals surface area contributed by atoms with Gasteiger partial charge in [-0.2, -0.15) is 0 Å². The van der Waals surface area contributed by atoms with Crippen molar-refractivity contribution in [1.82, 2.24) is 5.32 Å². The van der Waals surface area contributed by atoms with Gasteiger partial charge in [0.25, 0.3) is 0 Å². The second-order valence-corrected chi connectivity index (χ2v) is 5.35. The Morgan fingerprint density at radius 2 is 1.95 bits per heavy atom. The fourth-order valence-electron chi connectivity index (χ4n) is 1.51. The van der Waals surface area contributed by atoms with Crippen LogP contribution in [0, 0.1) is 5.41 Å². The summed E-state index contributed by atoms with van der Waals surface area (Å²) in [4.78, 5) is 11.8. The number of aliphatic hydroxyl groups excluding tert-OH is 1. The molecule has 0 aliphatic rings. The maximum atomic E-state index is 11.8. The zero-order chi connectivity index (χ0) is 14.3. The summed E-state index contributed by atoms with van der Waals surface area (Å²) in [5.74, 6) is 0.777. The zero-order valence-electron chi connectivity index (χ0n) is 11.9. The standard InChI is InChI=1S/C15H23NO3/c1-4-19-13-7-5-12(6-8-13)9-14(18)16-10-15(2,3)11-17/h5-8,17H,4,9-11H2,1-3H3,(H,16,18). The molecule has 0 fully saturated rings. The molecule has 0 saturated heterocycles. The van der Waals surface area contributed by atoms with Crippen molar-refractivity contribution in [2.24, 2.45) is 5.41 Å². The Morgan fingerprint density at radius 1 is 1.32 bits per heavy atom. The van der Waals surface area contributed by atoms with E-state index in [9.17, 15) is 4.79 Å². The summed E-state index contributed by atoms with van der Waals surface area (Å²) in [6.45, 7) is 6.91. The lowest BCUT2D eigenvalue weighted by Crippen LogP contribution is -2.36. The van der Waals surface area contributed by atoms with Gasteiger partial charge in [-0.15, -0.1) is 0 Å². The highest BCUT2D eigenvalue weighted by Gasteiger charge is 2.17. The Balaban J connectivity index is 2.44. The summed E-state index contributed by atoms with van der Waals surface area (Å²) in [6.07, 6.45) is 0.341. The van der Waals surface area contributed by atoms with E-state index in [2.05, 4.69) is 5.32 Å². The molecule has 0 unspecified atom stereocenters. The van der Waals surface area contributed by atoms with Crippen molar-refractivity contribution in [2.45, 2.75) is 27.2 Å². The summed E-state index contributed by atoms with van der Waals surface area (Å²) < 4.78 is 5.34. The highest BCUT2D eigenvalue weighted by Crippen LogP contribution is 2.13. The molecule has 0 saturated carbocycles. The van der Waals surface area contributed by atoms with Crippen LogP contribution in [-0.4, -0.2) is 30.8 Å². The van der Waals surface area contributed by atoms with Crippen LogP contribution in [-0.2, 0) is 11.2 Å². The van der Waals surface area contributed by atoms with Gasteiger partial charge < -0.3 is 15.2 Å². The summed E-state index contributed by atoms with van der Waals surface area (Å²) in [5.41, 5.74) is 0.664. The molecule has 0 aliphatic heterocycles. The third kappa shape index (κ3) is 5.75. The van der Waals surface area contributed by atoms with E-state index in [1.54, 1.807) is 0 Å². The molecule has 19 heavy (non-hydrogen) atoms. The maximum absolute atomic E-state index is 11.8. The molecule has 4 nitrogen and oxygen atoms in total. The molecule has 0 aliphatic carbocycles. The Hall–Kier alpha value is -1.55. The van der Waals surface area contributed by atoms with Crippen LogP contribution < -0.4 is 10.1 Å². The largest absolute Gasteiger partial charge is 0.494 e. The fourth-order valence-corrected chi connectivity index (χ4v) is 1.51. The van der Waals surface area contributed by atoms with E-state index in [4.69, 9.17) is 9.84 Å². The first-order valence-corrected chi connectivity index (χ1v) is 6.56. The van der Waals surface area contributed by atoms with E-state index in [0.29, 0.717) is 19.6 Å². The van der Waals surface area contributed by atoms with E-state index < -0.39 is 0 Å². The summed E-state index contributed by atoms with van der Waals surface area (Å²) >= 11 is 0. The molecule has 2 N–H and O–H groups in total. The van der Waals surface area contributed by atoms with E-state index in [1.807, 2.05) is 45.0 Å². The van der Waals surface area contributed by atoms with Gasteiger partial charge >= 0.3 is 0 Å². The number of carbonyl (C=O) groups is 1. The number of aliphatic hydroxyl groups is 1. The average molecular weight is 265 g/mol. The number of hydrogen-bond acceptors (Lipinski definition) is 3. The van der Waals surface area contributed by atoms with E-state index >= 15 is 0 Å². The highest BCUT2D eigenvalue weighted by molar-refractivity contribution is 5.78. The van der Waals surface area contributed by atoms with Crippen molar-refractivity contribution >= 4 is 5.91 Å². The SMILES string of the molecule is CCOc1ccc(CC(=O)NCC(C)(C)CO)cc1. The monoisotopic (exact) mass is 265 g/mol. The molecule has 1 rings (SSSR count). The molecule has 4 heteroatoms. The summed E-state index contributed by atoms with van der Waals surface area (Å²) in [6, 6.07) is 7.51. The first-order valence-electron chi connectivity index (χ1n) is 6.56. The second kappa shape index (κ2) is 7.14. The number of rotatable bonds is 7. The van der Waals surface area contributed by atoms with Crippen molar-refractivity contribution in [2.75, 3.05) is 19.8 Å². The molecule has 0 atom stereocenters. The number of carbonyl (C=O) groups excluding carboxylic acids is 1. The lowest BCUT2D eigenvalue weighted by Gasteiger charge is -2.21. The Kier molecular flexibility index (Phi) is 5.83. The zero-order valence-corrected chi connectivity index (χ0v) is 11.9. The van der Waals surface area contributed by atoms with E-state index in [0.717, 1.165) is 11.3 Å². The van der Waals surface area contributed by atoms with Crippen molar-refractivity contribution in [3.05, 3.63) is 29.8 Å². The molecular formula is C15H23NO3. The number of amides is 1. The van der Waals surface area contributed by atoms with Crippen molar-refractivity contribution in [3.8, 4) is 5.75 Å². The van der Waals surface area contributed by atoms with Crippen LogP contribution >= 0.6 is 0 Å². The minimum atomic E-state index is -0.283. The number of hydrogen-bond donors (Lipinski definition) is 2. The van der Waals surface area contributed by atoms with Crippen LogP contribution in [0.15, 0.2) is 24.3 Å². The van der Waals surface area contributed by atoms with E-state index in [-0.39, 0.29) is 17.9 Å². The second-order valence-electron chi connectivity index (χ2n) is 5.35. The van der Waals surface area contributed by atoms with Crippen LogP contribution in [0.25, 0.3) is 0 Å². The molecule has 1 aromatic rings. The molecule has 0 spiro atoms. The lowest BCUT2D eigenvalue weighted by molar-refractivity contribution is -0.121. The van der Waals surface area contributed by atoms with Gasteiger partial charge in [0.05, 0.1) is 13.0 Å². The Bertz CT molecular complexity index is 398. The highest BCUT2D eigenvalue weighted by atomic mass is 16.5. The molecule has 1 aromatic carbocycles. The molecule has 0 aromatic heterocycles. The first kappa shape index (κ1) is 15.5. The van der Waals surface area contributed by atoms with Crippen LogP contribution in [0.4, 0.5) is 0 Å². The van der Waals surface area contributed by atoms with Crippen molar-refractivity contribution < 1.29 is 14.6 Å². The topological polar surface area (TPSA) is 58.6 Å². The quantitative estimate of drug-likeness (QED) is 0.790. The third-order valence-electron chi connectivity index (χ3n) is 2.79. The fraction of sp³-hybridized carbons (Fsp3) is 0.533. The molecular weight excluding hydrogens is 242 g/mol. The van der Waals surface area contributed by atoms with Crippen LogP contribution in [0.3, 0.4) is 0 Å². The van der Waals surface area contributed by atoms with Gasteiger partial charge in [-0.3, -0.25) is 4.79 Å². The maximum Gasteiger partial charge on any atom is 0.224 e. The van der Waals surface area contributed by atoms with Gasteiger partial charge in [-0.1, -0.05) is 26.0 Å². The predicted octanol–water partition coefficient (Wildman–Crippen LogP) is 1.76. The third-order valence-corrected chi connectivity index (χ3v) is 2.79. The number of nitrogens with one attached hydrogen (secondary N) is 1. The van der Waals surface area contributed by atoms with Gasteiger partial charge in [0, 0.05) is 18.6 Å². The minimum absolute atomic E-state index is 0.0364. The molecule has 0 heterocycles. The smallest absolute Gasteiger partial charge is 0.224 e. The molecule has 0 radical (unpaired) electrons. The van der Waals surface area contributed by atoms with Gasteiger partial charge in [0.15, 0.2) is 0 Å². The average Bonchev–Trinajstić information content (AvgIpc) is 2.39. The van der Waals surface area contributed by atoms with Gasteiger partial charge in [0.2, 0.25) is 5.91 Å². The van der Waals surface area contributed by atoms with Crippen molar-refractivity contribution in [1.29, 1.82) is 0 Å². The van der Waals surface area contributed by atoms with Gasteiger partial charge in [0.1, 0.15) is 5.75 Å². The predicted molar refractivity (Wildman–Crippen MR) is 75.2 cm³/mol. The molecule has 0 bridgehead atoms. The van der Waals surface area contributed by atoms with Crippen LogP contribution in [0.2, 0.25) is 0 Å². The molecule has 1 amide bonds. The minimum Gasteiger partial charge on any atom is -0.494 e. The van der Waals surface area contributed by atoms with Crippen molar-refractivity contribution in [3.63, 3.8) is 0 Å². The van der Waals surface area contributed by atoms with Gasteiger partial charge in [-0.25, -0.2) is 0 Å². The summed E-state index contributed by atoms with van der Waals surface area (Å²) in [5, 5.41) is 11.9. The van der Waals surface area contributed by atoms with Crippen LogP contribution in [0.5, 0.6) is 5.75 Å². The summed E-state index contributed by atoms with van der Waals surface area (Å²) in [7, 11) is 0.